The fraction of sp³-hybridized carbons (Fsp3) is 0.611. The summed E-state index contributed by atoms with van der Waals surface area (Å²) in [5.41, 5.74) is 0.486. The van der Waals surface area contributed by atoms with Crippen LogP contribution in [-0.2, 0) is 0 Å². The lowest BCUT2D eigenvalue weighted by molar-refractivity contribution is 0.0913. The first kappa shape index (κ1) is 21.9. The van der Waals surface area contributed by atoms with Gasteiger partial charge in [0.15, 0.2) is 11.5 Å². The van der Waals surface area contributed by atoms with Crippen LogP contribution in [-0.4, -0.2) is 38.8 Å². The van der Waals surface area contributed by atoms with E-state index >= 15 is 0 Å². The second kappa shape index (κ2) is 10.1. The highest BCUT2D eigenvalue weighted by Gasteiger charge is 2.24. The van der Waals surface area contributed by atoms with Crippen molar-refractivity contribution in [3.63, 3.8) is 0 Å². The minimum atomic E-state index is -0.135. The molecule has 0 aliphatic carbocycles. The third-order valence-corrected chi connectivity index (χ3v) is 4.44. The van der Waals surface area contributed by atoms with E-state index in [1.54, 1.807) is 19.2 Å². The van der Waals surface area contributed by atoms with Gasteiger partial charge in [-0.1, -0.05) is 32.4 Å². The molecule has 2 atom stereocenters. The topological polar surface area (TPSA) is 59.6 Å². The third kappa shape index (κ3) is 5.94. The third-order valence-electron chi connectivity index (χ3n) is 4.15. The van der Waals surface area contributed by atoms with Crippen molar-refractivity contribution in [2.45, 2.75) is 33.2 Å². The van der Waals surface area contributed by atoms with Crippen molar-refractivity contribution in [2.75, 3.05) is 26.8 Å². The summed E-state index contributed by atoms with van der Waals surface area (Å²) in [4.78, 5) is 12.6. The molecule has 7 heteroatoms. The second-order valence-electron chi connectivity index (χ2n) is 6.74. The Kier molecular flexibility index (Phi) is 8.83. The predicted octanol–water partition coefficient (Wildman–Crippen LogP) is 3.53. The Morgan fingerprint density at radius 3 is 2.76 bits per heavy atom. The van der Waals surface area contributed by atoms with Crippen LogP contribution in [0, 0.1) is 11.8 Å². The van der Waals surface area contributed by atoms with Gasteiger partial charge >= 0.3 is 0 Å². The first-order valence-corrected chi connectivity index (χ1v) is 8.82. The number of benzene rings is 1. The lowest BCUT2D eigenvalue weighted by Gasteiger charge is -2.30. The lowest BCUT2D eigenvalue weighted by Crippen LogP contribution is -2.48. The fourth-order valence-electron chi connectivity index (χ4n) is 2.72. The summed E-state index contributed by atoms with van der Waals surface area (Å²) >= 11 is 6.32. The normalized spacial score (nSPS) is 19.9. The molecule has 25 heavy (non-hydrogen) atoms. The molecule has 2 N–H and O–H groups in total. The van der Waals surface area contributed by atoms with Crippen LogP contribution in [0.5, 0.6) is 11.5 Å². The van der Waals surface area contributed by atoms with Gasteiger partial charge in [0.1, 0.15) is 0 Å². The molecule has 2 unspecified atom stereocenters. The van der Waals surface area contributed by atoms with E-state index in [4.69, 9.17) is 21.1 Å². The van der Waals surface area contributed by atoms with Gasteiger partial charge in [-0.2, -0.15) is 0 Å². The summed E-state index contributed by atoms with van der Waals surface area (Å²) in [6.45, 7) is 8.62. The summed E-state index contributed by atoms with van der Waals surface area (Å²) in [6, 6.07) is 3.49. The van der Waals surface area contributed by atoms with E-state index in [2.05, 4.69) is 31.4 Å². The lowest BCUT2D eigenvalue weighted by atomic mass is 9.95. The van der Waals surface area contributed by atoms with Crippen LogP contribution in [0.15, 0.2) is 12.1 Å². The van der Waals surface area contributed by atoms with Crippen LogP contribution >= 0.6 is 24.0 Å². The molecule has 1 fully saturated rings. The van der Waals surface area contributed by atoms with Gasteiger partial charge in [0.25, 0.3) is 5.91 Å². The molecule has 1 aliphatic rings. The summed E-state index contributed by atoms with van der Waals surface area (Å²) in [6.07, 6.45) is 0.924. The average molecular weight is 391 g/mol. The van der Waals surface area contributed by atoms with Gasteiger partial charge < -0.3 is 20.1 Å². The number of carbonyl (C=O) groups excluding carboxylic acids is 1. The van der Waals surface area contributed by atoms with Crippen molar-refractivity contribution in [1.29, 1.82) is 0 Å². The minimum absolute atomic E-state index is 0. The number of amides is 1. The minimum Gasteiger partial charge on any atom is -0.493 e. The molecule has 142 valence electrons. The summed E-state index contributed by atoms with van der Waals surface area (Å²) < 4.78 is 11.1. The van der Waals surface area contributed by atoms with Crippen LogP contribution in [0.4, 0.5) is 0 Å². The molecule has 1 heterocycles. The van der Waals surface area contributed by atoms with Crippen molar-refractivity contribution < 1.29 is 14.3 Å². The van der Waals surface area contributed by atoms with Gasteiger partial charge in [-0.25, -0.2) is 0 Å². The molecule has 0 saturated carbocycles. The van der Waals surface area contributed by atoms with Crippen LogP contribution in [0.1, 0.15) is 37.6 Å². The molecule has 1 amide bonds. The van der Waals surface area contributed by atoms with E-state index in [1.807, 2.05) is 0 Å². The number of nitrogens with one attached hydrogen (secondary N) is 2. The van der Waals surface area contributed by atoms with Crippen LogP contribution in [0.2, 0.25) is 5.02 Å². The van der Waals surface area contributed by atoms with Gasteiger partial charge in [-0.15, -0.1) is 12.4 Å². The van der Waals surface area contributed by atoms with E-state index in [0.717, 1.165) is 19.5 Å². The van der Waals surface area contributed by atoms with Gasteiger partial charge in [-0.3, -0.25) is 4.79 Å². The summed E-state index contributed by atoms with van der Waals surface area (Å²) in [5, 5.41) is 6.81. The smallest absolute Gasteiger partial charge is 0.251 e. The quantitative estimate of drug-likeness (QED) is 0.779. The number of rotatable bonds is 6. The molecule has 5 nitrogen and oxygen atoms in total. The highest BCUT2D eigenvalue weighted by Crippen LogP contribution is 2.36. The van der Waals surface area contributed by atoms with E-state index in [1.165, 1.54) is 0 Å². The molecule has 0 spiro atoms. The molecular weight excluding hydrogens is 363 g/mol. The number of carbonyl (C=O) groups is 1. The number of hydrogen-bond donors (Lipinski definition) is 2. The Balaban J connectivity index is 0.00000312. The highest BCUT2D eigenvalue weighted by molar-refractivity contribution is 6.32. The molecule has 1 aliphatic heterocycles. The molecule has 0 aromatic heterocycles. The summed E-state index contributed by atoms with van der Waals surface area (Å²) in [5.74, 6) is 1.60. The Hall–Kier alpha value is -1.17. The zero-order chi connectivity index (χ0) is 17.7. The maximum atomic E-state index is 12.6. The van der Waals surface area contributed by atoms with Gasteiger partial charge in [0, 0.05) is 11.6 Å². The number of ether oxygens (including phenoxy) is 2. The SMILES string of the molecule is COc1cc(C(=O)NC2CCNCC2C)cc(Cl)c1OCC(C)C.Cl. The van der Waals surface area contributed by atoms with Gasteiger partial charge in [0.05, 0.1) is 18.7 Å². The van der Waals surface area contributed by atoms with Crippen LogP contribution < -0.4 is 20.1 Å². The Morgan fingerprint density at radius 2 is 2.16 bits per heavy atom. The van der Waals surface area contributed by atoms with Crippen molar-refractivity contribution in [3.05, 3.63) is 22.7 Å². The summed E-state index contributed by atoms with van der Waals surface area (Å²) in [7, 11) is 1.55. The Morgan fingerprint density at radius 1 is 1.44 bits per heavy atom. The van der Waals surface area contributed by atoms with Crippen LogP contribution in [0.3, 0.4) is 0 Å². The zero-order valence-corrected chi connectivity index (χ0v) is 16.8. The molecule has 1 saturated heterocycles. The molecule has 0 bridgehead atoms. The molecular formula is C18H28Cl2N2O3. The fourth-order valence-corrected chi connectivity index (χ4v) is 2.99. The number of piperidine rings is 1. The van der Waals surface area contributed by atoms with Gasteiger partial charge in [0.2, 0.25) is 0 Å². The Bertz CT molecular complexity index is 582. The van der Waals surface area contributed by atoms with Crippen molar-refractivity contribution >= 4 is 29.9 Å². The molecule has 1 aromatic carbocycles. The zero-order valence-electron chi connectivity index (χ0n) is 15.2. The first-order valence-electron chi connectivity index (χ1n) is 8.44. The molecule has 1 aromatic rings. The van der Waals surface area contributed by atoms with E-state index in [0.29, 0.717) is 40.5 Å². The van der Waals surface area contributed by atoms with Gasteiger partial charge in [-0.05, 0) is 43.5 Å². The maximum Gasteiger partial charge on any atom is 0.251 e. The molecule has 0 radical (unpaired) electrons. The average Bonchev–Trinajstić information content (AvgIpc) is 2.54. The maximum absolute atomic E-state index is 12.6. The predicted molar refractivity (Wildman–Crippen MR) is 103 cm³/mol. The molecule has 2 rings (SSSR count). The highest BCUT2D eigenvalue weighted by atomic mass is 35.5. The second-order valence-corrected chi connectivity index (χ2v) is 7.15. The number of methoxy groups -OCH3 is 1. The van der Waals surface area contributed by atoms with Crippen molar-refractivity contribution in [3.8, 4) is 11.5 Å². The van der Waals surface area contributed by atoms with Crippen LogP contribution in [0.25, 0.3) is 0 Å². The largest absolute Gasteiger partial charge is 0.493 e. The van der Waals surface area contributed by atoms with E-state index in [9.17, 15) is 4.79 Å². The van der Waals surface area contributed by atoms with E-state index in [-0.39, 0.29) is 24.4 Å². The first-order chi connectivity index (χ1) is 11.4. The number of halogens is 2. The van der Waals surface area contributed by atoms with E-state index < -0.39 is 0 Å². The van der Waals surface area contributed by atoms with Crippen molar-refractivity contribution in [1.82, 2.24) is 10.6 Å². The number of hydrogen-bond acceptors (Lipinski definition) is 4. The monoisotopic (exact) mass is 390 g/mol. The standard InChI is InChI=1S/C18H27ClN2O3.ClH/c1-11(2)10-24-17-14(19)7-13(8-16(17)23-4)18(22)21-15-5-6-20-9-12(15)3;/h7-8,11-12,15,20H,5-6,9-10H2,1-4H3,(H,21,22);1H. The Labute approximate surface area is 161 Å². The van der Waals surface area contributed by atoms with Crippen molar-refractivity contribution in [2.24, 2.45) is 11.8 Å².